The van der Waals surface area contributed by atoms with Crippen molar-refractivity contribution in [1.29, 1.82) is 0 Å². The van der Waals surface area contributed by atoms with Gasteiger partial charge < -0.3 is 10.6 Å². The van der Waals surface area contributed by atoms with Crippen LogP contribution in [0.5, 0.6) is 0 Å². The van der Waals surface area contributed by atoms with E-state index in [9.17, 15) is 13.2 Å². The van der Waals surface area contributed by atoms with Crippen LogP contribution in [-0.4, -0.2) is 57.1 Å². The Morgan fingerprint density at radius 2 is 1.95 bits per heavy atom. The Morgan fingerprint density at radius 1 is 1.32 bits per heavy atom. The van der Waals surface area contributed by atoms with Gasteiger partial charge in [0.2, 0.25) is 15.9 Å². The summed E-state index contributed by atoms with van der Waals surface area (Å²) in [6.07, 6.45) is 2.81. The first-order valence-corrected chi connectivity index (χ1v) is 8.61. The van der Waals surface area contributed by atoms with E-state index in [1.807, 2.05) is 20.8 Å². The normalized spacial score (nSPS) is 13.5. The van der Waals surface area contributed by atoms with Crippen molar-refractivity contribution in [3.05, 3.63) is 0 Å². The molecule has 7 heteroatoms. The van der Waals surface area contributed by atoms with E-state index in [0.29, 0.717) is 26.1 Å². The molecule has 0 saturated heterocycles. The number of hydrogen-bond acceptors (Lipinski definition) is 4. The molecule has 0 spiro atoms. The van der Waals surface area contributed by atoms with Crippen LogP contribution in [0.4, 0.5) is 0 Å². The summed E-state index contributed by atoms with van der Waals surface area (Å²) in [5, 5.41) is 5.87. The quantitative estimate of drug-likeness (QED) is 0.563. The molecule has 0 saturated carbocycles. The van der Waals surface area contributed by atoms with Gasteiger partial charge in [-0.25, -0.2) is 12.7 Å². The van der Waals surface area contributed by atoms with Gasteiger partial charge in [0.1, 0.15) is 0 Å². The van der Waals surface area contributed by atoms with Gasteiger partial charge in [0, 0.05) is 19.1 Å². The molecule has 1 unspecified atom stereocenters. The second kappa shape index (κ2) is 9.28. The van der Waals surface area contributed by atoms with E-state index in [2.05, 4.69) is 10.6 Å². The number of nitrogens with zero attached hydrogens (tertiary/aromatic N) is 1. The van der Waals surface area contributed by atoms with E-state index in [1.165, 1.54) is 10.6 Å². The van der Waals surface area contributed by atoms with Crippen LogP contribution in [-0.2, 0) is 14.8 Å². The molecule has 114 valence electrons. The highest BCUT2D eigenvalue weighted by atomic mass is 32.2. The second-order valence-electron chi connectivity index (χ2n) is 4.66. The third kappa shape index (κ3) is 8.96. The number of hydrogen-bond donors (Lipinski definition) is 2. The molecule has 0 aliphatic rings. The zero-order valence-electron chi connectivity index (χ0n) is 12.4. The molecule has 1 atom stereocenters. The molecule has 0 radical (unpaired) electrons. The number of sulfonamides is 1. The number of carbonyl (C=O) groups excluding carboxylic acids is 1. The lowest BCUT2D eigenvalue weighted by atomic mass is 10.2. The maximum atomic E-state index is 11.4. The van der Waals surface area contributed by atoms with Crippen LogP contribution < -0.4 is 10.6 Å². The lowest BCUT2D eigenvalue weighted by Gasteiger charge is -2.17. The van der Waals surface area contributed by atoms with E-state index in [4.69, 9.17) is 0 Å². The van der Waals surface area contributed by atoms with E-state index in [1.54, 1.807) is 0 Å². The van der Waals surface area contributed by atoms with E-state index in [-0.39, 0.29) is 18.5 Å². The first-order valence-electron chi connectivity index (χ1n) is 6.76. The smallest absolute Gasteiger partial charge is 0.234 e. The summed E-state index contributed by atoms with van der Waals surface area (Å²) in [5.74, 6) is -0.0233. The van der Waals surface area contributed by atoms with Gasteiger partial charge in [-0.15, -0.1) is 0 Å². The molecule has 0 heterocycles. The molecule has 6 nitrogen and oxygen atoms in total. The van der Waals surface area contributed by atoms with Crippen molar-refractivity contribution in [2.45, 2.75) is 39.7 Å². The van der Waals surface area contributed by atoms with Gasteiger partial charge in [0.15, 0.2) is 0 Å². The van der Waals surface area contributed by atoms with E-state index < -0.39 is 10.0 Å². The molecular weight excluding hydrogens is 266 g/mol. The number of nitrogens with one attached hydrogen (secondary N) is 2. The number of rotatable bonds is 10. The Hall–Kier alpha value is -0.660. The first-order chi connectivity index (χ1) is 8.81. The molecule has 0 fully saturated rings. The Bertz CT molecular complexity index is 357. The molecule has 0 aliphatic carbocycles. The summed E-state index contributed by atoms with van der Waals surface area (Å²) in [4.78, 5) is 11.4. The lowest BCUT2D eigenvalue weighted by molar-refractivity contribution is -0.120. The zero-order valence-corrected chi connectivity index (χ0v) is 13.2. The molecule has 0 aromatic heterocycles. The molecule has 2 N–H and O–H groups in total. The third-order valence-corrected chi connectivity index (χ3v) is 4.27. The molecule has 0 aromatic carbocycles. The fraction of sp³-hybridized carbons (Fsp3) is 0.917. The van der Waals surface area contributed by atoms with Crippen molar-refractivity contribution < 1.29 is 13.2 Å². The van der Waals surface area contributed by atoms with Crippen molar-refractivity contribution in [1.82, 2.24) is 14.9 Å². The van der Waals surface area contributed by atoms with Gasteiger partial charge in [-0.3, -0.25) is 4.79 Å². The summed E-state index contributed by atoms with van der Waals surface area (Å²) in [5.41, 5.74) is 0. The van der Waals surface area contributed by atoms with Crippen LogP contribution in [0.2, 0.25) is 0 Å². The molecule has 0 rings (SSSR count). The molecule has 0 bridgehead atoms. The maximum absolute atomic E-state index is 11.4. The van der Waals surface area contributed by atoms with Gasteiger partial charge in [-0.1, -0.05) is 13.8 Å². The maximum Gasteiger partial charge on any atom is 0.234 e. The fourth-order valence-corrected chi connectivity index (χ4v) is 2.50. The monoisotopic (exact) mass is 293 g/mol. The van der Waals surface area contributed by atoms with Gasteiger partial charge >= 0.3 is 0 Å². The van der Waals surface area contributed by atoms with Gasteiger partial charge in [0.25, 0.3) is 0 Å². The van der Waals surface area contributed by atoms with Gasteiger partial charge in [0.05, 0.1) is 12.8 Å². The minimum absolute atomic E-state index is 0.0233. The Labute approximate surface area is 117 Å². The van der Waals surface area contributed by atoms with E-state index >= 15 is 0 Å². The fourth-order valence-electron chi connectivity index (χ4n) is 1.57. The van der Waals surface area contributed by atoms with Crippen LogP contribution in [0.1, 0.15) is 33.6 Å². The summed E-state index contributed by atoms with van der Waals surface area (Å²) >= 11 is 0. The van der Waals surface area contributed by atoms with Gasteiger partial charge in [-0.2, -0.15) is 0 Å². The second-order valence-corrected chi connectivity index (χ2v) is 6.64. The summed E-state index contributed by atoms with van der Waals surface area (Å²) in [7, 11) is -3.11. The summed E-state index contributed by atoms with van der Waals surface area (Å²) in [6.45, 7) is 7.65. The topological polar surface area (TPSA) is 78.5 Å². The Balaban J connectivity index is 3.73. The predicted molar refractivity (Wildman–Crippen MR) is 77.5 cm³/mol. The molecule has 0 aromatic rings. The first kappa shape index (κ1) is 18.3. The van der Waals surface area contributed by atoms with Crippen molar-refractivity contribution in [2.75, 3.05) is 32.4 Å². The largest absolute Gasteiger partial charge is 0.353 e. The molecular formula is C12H27N3O3S. The molecule has 1 amide bonds. The lowest BCUT2D eigenvalue weighted by Crippen LogP contribution is -2.39. The molecule has 0 aliphatic heterocycles. The van der Waals surface area contributed by atoms with Gasteiger partial charge in [-0.05, 0) is 26.3 Å². The van der Waals surface area contributed by atoms with Crippen molar-refractivity contribution in [3.63, 3.8) is 0 Å². The molecule has 19 heavy (non-hydrogen) atoms. The predicted octanol–water partition coefficient (Wildman–Crippen LogP) is 0.162. The number of carbonyl (C=O) groups is 1. The standard InChI is InChI=1S/C12H27N3O3S/c1-5-11(3)14-12(16)10-13-8-7-9-15(6-2)19(4,17)18/h11,13H,5-10H2,1-4H3,(H,14,16). The van der Waals surface area contributed by atoms with Crippen LogP contribution >= 0.6 is 0 Å². The van der Waals surface area contributed by atoms with Crippen LogP contribution in [0.25, 0.3) is 0 Å². The van der Waals surface area contributed by atoms with Crippen LogP contribution in [0, 0.1) is 0 Å². The van der Waals surface area contributed by atoms with Crippen LogP contribution in [0.15, 0.2) is 0 Å². The third-order valence-electron chi connectivity index (χ3n) is 2.89. The SMILES string of the molecule is CCC(C)NC(=O)CNCCCN(CC)S(C)(=O)=O. The minimum Gasteiger partial charge on any atom is -0.353 e. The number of amides is 1. The minimum atomic E-state index is -3.11. The highest BCUT2D eigenvalue weighted by Gasteiger charge is 2.13. The highest BCUT2D eigenvalue weighted by molar-refractivity contribution is 7.88. The van der Waals surface area contributed by atoms with Crippen molar-refractivity contribution in [2.24, 2.45) is 0 Å². The summed E-state index contributed by atoms with van der Waals surface area (Å²) in [6, 6.07) is 0.190. The van der Waals surface area contributed by atoms with Crippen molar-refractivity contribution >= 4 is 15.9 Å². The highest BCUT2D eigenvalue weighted by Crippen LogP contribution is 1.98. The average molecular weight is 293 g/mol. The Morgan fingerprint density at radius 3 is 2.42 bits per heavy atom. The van der Waals surface area contributed by atoms with Crippen molar-refractivity contribution in [3.8, 4) is 0 Å². The van der Waals surface area contributed by atoms with Crippen LogP contribution in [0.3, 0.4) is 0 Å². The summed E-state index contributed by atoms with van der Waals surface area (Å²) < 4.78 is 24.1. The van der Waals surface area contributed by atoms with E-state index in [0.717, 1.165) is 6.42 Å². The average Bonchev–Trinajstić information content (AvgIpc) is 2.31. The zero-order chi connectivity index (χ0) is 14.9. The Kier molecular flexibility index (Phi) is 8.95.